The summed E-state index contributed by atoms with van der Waals surface area (Å²) in [6.07, 6.45) is 12.2. The topological polar surface area (TPSA) is 38.3 Å². The third-order valence-electron chi connectivity index (χ3n) is 6.12. The van der Waals surface area contributed by atoms with Crippen molar-refractivity contribution >= 4 is 0 Å². The Bertz CT molecular complexity index is 620. The summed E-state index contributed by atoms with van der Waals surface area (Å²) in [5.74, 6) is 4.60. The van der Waals surface area contributed by atoms with Crippen molar-refractivity contribution in [3.8, 4) is 11.5 Å². The van der Waals surface area contributed by atoms with Crippen LogP contribution in [0.4, 0.5) is 0 Å². The Kier molecular flexibility index (Phi) is 2.81. The molecule has 3 heteroatoms. The second-order valence-corrected chi connectivity index (χ2v) is 7.85. The number of hydrogen-bond acceptors (Lipinski definition) is 3. The van der Waals surface area contributed by atoms with Gasteiger partial charge in [0.2, 0.25) is 0 Å². The molecule has 0 aliphatic heterocycles. The average Bonchev–Trinajstić information content (AvgIpc) is 3.15. The van der Waals surface area contributed by atoms with Crippen LogP contribution >= 0.6 is 0 Å². The Morgan fingerprint density at radius 3 is 2.36 bits per heavy atom. The quantitative estimate of drug-likeness (QED) is 0.896. The fourth-order valence-corrected chi connectivity index (χ4v) is 5.63. The van der Waals surface area contributed by atoms with Gasteiger partial charge in [-0.05, 0) is 74.5 Å². The number of hydrogen-bond donors (Lipinski definition) is 1. The van der Waals surface area contributed by atoms with Gasteiger partial charge in [-0.2, -0.15) is 0 Å². The van der Waals surface area contributed by atoms with Crippen LogP contribution in [0.15, 0.2) is 39.6 Å². The summed E-state index contributed by atoms with van der Waals surface area (Å²) < 4.78 is 11.0. The molecule has 2 aromatic rings. The lowest BCUT2D eigenvalue weighted by Crippen LogP contribution is -2.58. The molecule has 1 N–H and O–H groups in total. The highest BCUT2D eigenvalue weighted by molar-refractivity contribution is 5.50. The summed E-state index contributed by atoms with van der Waals surface area (Å²) in [6.45, 7) is 0.913. The Balaban J connectivity index is 1.29. The molecular formula is C19H23NO2. The van der Waals surface area contributed by atoms with Gasteiger partial charge >= 0.3 is 0 Å². The van der Waals surface area contributed by atoms with Gasteiger partial charge in [-0.25, -0.2) is 0 Å². The fourth-order valence-electron chi connectivity index (χ4n) is 5.63. The van der Waals surface area contributed by atoms with E-state index >= 15 is 0 Å². The van der Waals surface area contributed by atoms with Gasteiger partial charge in [0.05, 0.1) is 12.5 Å². The predicted octanol–water partition coefficient (Wildman–Crippen LogP) is 4.60. The third-order valence-corrected chi connectivity index (χ3v) is 6.12. The highest BCUT2D eigenvalue weighted by Crippen LogP contribution is 2.55. The van der Waals surface area contributed by atoms with E-state index in [1.54, 1.807) is 6.26 Å². The lowest BCUT2D eigenvalue weighted by molar-refractivity contribution is -0.0206. The van der Waals surface area contributed by atoms with Crippen molar-refractivity contribution in [2.24, 2.45) is 17.8 Å². The van der Waals surface area contributed by atoms with Crippen LogP contribution in [0.1, 0.15) is 44.1 Å². The zero-order valence-electron chi connectivity index (χ0n) is 12.9. The van der Waals surface area contributed by atoms with Gasteiger partial charge in [-0.3, -0.25) is 0 Å². The highest BCUT2D eigenvalue weighted by Gasteiger charge is 2.50. The highest BCUT2D eigenvalue weighted by atomic mass is 16.4. The molecule has 0 radical (unpaired) electrons. The summed E-state index contributed by atoms with van der Waals surface area (Å²) in [7, 11) is 0. The van der Waals surface area contributed by atoms with Crippen LogP contribution < -0.4 is 5.32 Å². The molecular weight excluding hydrogens is 274 g/mol. The first-order valence-electron chi connectivity index (χ1n) is 8.64. The Morgan fingerprint density at radius 1 is 1.00 bits per heavy atom. The van der Waals surface area contributed by atoms with Crippen LogP contribution in [0.5, 0.6) is 0 Å². The molecule has 0 aromatic carbocycles. The molecule has 4 aliphatic rings. The van der Waals surface area contributed by atoms with Gasteiger partial charge in [0.1, 0.15) is 0 Å². The molecule has 0 unspecified atom stereocenters. The van der Waals surface area contributed by atoms with Crippen LogP contribution in [0.25, 0.3) is 11.5 Å². The number of rotatable bonds is 4. The molecule has 0 amide bonds. The molecule has 3 nitrogen and oxygen atoms in total. The molecule has 4 bridgehead atoms. The predicted molar refractivity (Wildman–Crippen MR) is 84.2 cm³/mol. The second kappa shape index (κ2) is 4.76. The van der Waals surface area contributed by atoms with Crippen molar-refractivity contribution in [2.45, 2.75) is 50.6 Å². The summed E-state index contributed by atoms with van der Waals surface area (Å²) in [5, 5.41) is 3.91. The number of furan rings is 2. The first-order chi connectivity index (χ1) is 10.8. The molecule has 116 valence electrons. The zero-order chi connectivity index (χ0) is 14.6. The van der Waals surface area contributed by atoms with E-state index in [1.807, 2.05) is 18.4 Å². The van der Waals surface area contributed by atoms with Gasteiger partial charge in [0, 0.05) is 17.6 Å². The van der Waals surface area contributed by atoms with E-state index in [0.717, 1.165) is 35.8 Å². The Labute approximate surface area is 131 Å². The maximum Gasteiger partial charge on any atom is 0.169 e. The monoisotopic (exact) mass is 297 g/mol. The maximum atomic E-state index is 5.65. The minimum absolute atomic E-state index is 0.414. The van der Waals surface area contributed by atoms with Crippen molar-refractivity contribution in [3.63, 3.8) is 0 Å². The van der Waals surface area contributed by atoms with Gasteiger partial charge in [-0.1, -0.05) is 0 Å². The lowest BCUT2D eigenvalue weighted by atomic mass is 9.53. The van der Waals surface area contributed by atoms with Gasteiger partial charge < -0.3 is 14.2 Å². The second-order valence-electron chi connectivity index (χ2n) is 7.85. The van der Waals surface area contributed by atoms with Crippen molar-refractivity contribution in [1.82, 2.24) is 5.32 Å². The van der Waals surface area contributed by atoms with Gasteiger partial charge in [-0.15, -0.1) is 0 Å². The summed E-state index contributed by atoms with van der Waals surface area (Å²) in [4.78, 5) is 0. The third kappa shape index (κ3) is 2.14. The van der Waals surface area contributed by atoms with E-state index in [2.05, 4.69) is 11.4 Å². The largest absolute Gasteiger partial charge is 0.461 e. The van der Waals surface area contributed by atoms with Crippen LogP contribution in [0, 0.1) is 17.8 Å². The van der Waals surface area contributed by atoms with Gasteiger partial charge in [0.15, 0.2) is 11.5 Å². The smallest absolute Gasteiger partial charge is 0.169 e. The van der Waals surface area contributed by atoms with E-state index in [9.17, 15) is 0 Å². The van der Waals surface area contributed by atoms with E-state index in [-0.39, 0.29) is 0 Å². The van der Waals surface area contributed by atoms with Gasteiger partial charge in [0.25, 0.3) is 0 Å². The Hall–Kier alpha value is -1.48. The summed E-state index contributed by atoms with van der Waals surface area (Å²) >= 11 is 0. The molecule has 0 atom stereocenters. The molecule has 2 aromatic heterocycles. The van der Waals surface area contributed by atoms with Crippen molar-refractivity contribution in [1.29, 1.82) is 0 Å². The number of nitrogens with one attached hydrogen (secondary N) is 1. The normalized spacial score (nSPS) is 36.1. The zero-order valence-corrected chi connectivity index (χ0v) is 12.9. The maximum absolute atomic E-state index is 5.65. The van der Waals surface area contributed by atoms with Crippen molar-refractivity contribution in [3.05, 3.63) is 36.3 Å². The van der Waals surface area contributed by atoms with E-state index in [4.69, 9.17) is 8.83 Å². The minimum atomic E-state index is 0.414. The fraction of sp³-hybridized carbons (Fsp3) is 0.579. The molecule has 4 saturated carbocycles. The summed E-state index contributed by atoms with van der Waals surface area (Å²) in [6, 6.07) is 5.94. The van der Waals surface area contributed by atoms with Crippen LogP contribution in [0.2, 0.25) is 0 Å². The molecule has 0 spiro atoms. The molecule has 4 aliphatic carbocycles. The average molecular weight is 297 g/mol. The first kappa shape index (κ1) is 13.0. The molecule has 22 heavy (non-hydrogen) atoms. The Morgan fingerprint density at radius 2 is 1.73 bits per heavy atom. The molecule has 4 fully saturated rings. The molecule has 2 heterocycles. The van der Waals surface area contributed by atoms with E-state index < -0.39 is 0 Å². The standard InChI is InChI=1S/C19H23NO2/c1-2-17(21-3-1)18-7-16(12-22-18)11-20-19-8-13-4-14(9-19)6-15(5-13)10-19/h1-3,7,12-15,20H,4-6,8-11H2. The summed E-state index contributed by atoms with van der Waals surface area (Å²) in [5.41, 5.74) is 1.64. The molecule has 0 saturated heterocycles. The van der Waals surface area contributed by atoms with E-state index in [0.29, 0.717) is 5.54 Å². The van der Waals surface area contributed by atoms with E-state index in [1.165, 1.54) is 44.1 Å². The first-order valence-corrected chi connectivity index (χ1v) is 8.64. The minimum Gasteiger partial charge on any atom is -0.461 e. The molecule has 6 rings (SSSR count). The van der Waals surface area contributed by atoms with Crippen molar-refractivity contribution in [2.75, 3.05) is 0 Å². The SMILES string of the molecule is c1coc(-c2cc(CNC34CC5CC(CC(C5)C3)C4)co2)c1. The van der Waals surface area contributed by atoms with Crippen LogP contribution in [0.3, 0.4) is 0 Å². The lowest BCUT2D eigenvalue weighted by Gasteiger charge is -2.57. The van der Waals surface area contributed by atoms with Crippen LogP contribution in [-0.4, -0.2) is 5.54 Å². The van der Waals surface area contributed by atoms with Crippen molar-refractivity contribution < 1.29 is 8.83 Å². The van der Waals surface area contributed by atoms with Crippen LogP contribution in [-0.2, 0) is 6.54 Å².